The molecule has 0 aliphatic carbocycles. The van der Waals surface area contributed by atoms with E-state index < -0.39 is 5.97 Å². The Labute approximate surface area is 79.6 Å². The van der Waals surface area contributed by atoms with Crippen LogP contribution in [0.2, 0.25) is 12.6 Å². The molecule has 0 unspecified atom stereocenters. The average Bonchev–Trinajstić information content (AvgIpc) is 2.11. The van der Waals surface area contributed by atoms with Gasteiger partial charge in [0.2, 0.25) is 0 Å². The largest absolute Gasteiger partial charge is 0.427 e. The lowest BCUT2D eigenvalue weighted by molar-refractivity contribution is -0.204. The molecular formula is C8H14O4Si. The fourth-order valence-electron chi connectivity index (χ4n) is 0.592. The molecule has 1 N–H and O–H groups in total. The number of hydrogen-bond donors (Lipinski definition) is 1. The van der Waals surface area contributed by atoms with Crippen molar-refractivity contribution < 1.29 is 19.7 Å². The van der Waals surface area contributed by atoms with E-state index in [1.54, 1.807) is 6.92 Å². The molecule has 74 valence electrons. The van der Waals surface area contributed by atoms with Gasteiger partial charge in [-0.1, -0.05) is 13.1 Å². The van der Waals surface area contributed by atoms with Crippen LogP contribution in [0.1, 0.15) is 6.92 Å². The zero-order chi connectivity index (χ0) is 10.3. The molecule has 0 saturated heterocycles. The van der Waals surface area contributed by atoms with Gasteiger partial charge in [0.05, 0.1) is 0 Å². The molecule has 0 aliphatic rings. The van der Waals surface area contributed by atoms with Crippen molar-refractivity contribution in [2.24, 2.45) is 0 Å². The first kappa shape index (κ1) is 11.9. The molecule has 0 atom stereocenters. The van der Waals surface area contributed by atoms with Crippen LogP contribution in [0.4, 0.5) is 0 Å². The van der Waals surface area contributed by atoms with Crippen LogP contribution < -0.4 is 0 Å². The van der Waals surface area contributed by atoms with E-state index in [1.165, 1.54) is 0 Å². The summed E-state index contributed by atoms with van der Waals surface area (Å²) in [6.45, 7) is 7.00. The van der Waals surface area contributed by atoms with E-state index in [2.05, 4.69) is 16.2 Å². The second kappa shape index (κ2) is 6.44. The summed E-state index contributed by atoms with van der Waals surface area (Å²) in [5, 5.41) is 8.35. The Morgan fingerprint density at radius 1 is 1.69 bits per heavy atom. The Balaban J connectivity index is 4.05. The van der Waals surface area contributed by atoms with Crippen LogP contribution in [0.15, 0.2) is 24.2 Å². The van der Waals surface area contributed by atoms with Crippen LogP contribution in [0.5, 0.6) is 0 Å². The summed E-state index contributed by atoms with van der Waals surface area (Å²) in [6.07, 6.45) is 1.12. The third-order valence-corrected chi connectivity index (χ3v) is 2.25. The number of esters is 1. The number of carbonyl (C=O) groups is 1. The number of hydrogen-bond acceptors (Lipinski definition) is 4. The third kappa shape index (κ3) is 5.21. The second-order valence-corrected chi connectivity index (χ2v) is 4.11. The maximum Gasteiger partial charge on any atom is 0.338 e. The molecule has 0 spiro atoms. The molecule has 0 radical (unpaired) electrons. The summed E-state index contributed by atoms with van der Waals surface area (Å²) >= 11 is 0. The van der Waals surface area contributed by atoms with Gasteiger partial charge in [0.25, 0.3) is 0 Å². The maximum absolute atomic E-state index is 10.9. The summed E-state index contributed by atoms with van der Waals surface area (Å²) < 4.78 is 4.65. The zero-order valence-corrected chi connectivity index (χ0v) is 9.28. The van der Waals surface area contributed by atoms with Crippen LogP contribution in [-0.2, 0) is 14.4 Å². The van der Waals surface area contributed by atoms with Gasteiger partial charge in [-0.25, -0.2) is 10.1 Å². The third-order valence-electron chi connectivity index (χ3n) is 1.26. The lowest BCUT2D eigenvalue weighted by Crippen LogP contribution is -2.01. The van der Waals surface area contributed by atoms with Gasteiger partial charge in [-0.05, 0) is 6.92 Å². The molecular weight excluding hydrogens is 188 g/mol. The van der Waals surface area contributed by atoms with Crippen molar-refractivity contribution in [3.8, 4) is 0 Å². The Kier molecular flexibility index (Phi) is 5.91. The van der Waals surface area contributed by atoms with E-state index in [0.717, 1.165) is 6.26 Å². The molecule has 0 aromatic rings. The summed E-state index contributed by atoms with van der Waals surface area (Å²) in [4.78, 5) is 14.9. The molecule has 0 aliphatic heterocycles. The monoisotopic (exact) mass is 202 g/mol. The molecule has 13 heavy (non-hydrogen) atoms. The highest BCUT2D eigenvalue weighted by Crippen LogP contribution is 2.03. The van der Waals surface area contributed by atoms with Crippen molar-refractivity contribution in [3.05, 3.63) is 24.2 Å². The normalized spacial score (nSPS) is 11.8. The Morgan fingerprint density at radius 3 is 2.69 bits per heavy atom. The molecule has 0 aromatic carbocycles. The lowest BCUT2D eigenvalue weighted by atomic mass is 10.4. The van der Waals surface area contributed by atoms with Gasteiger partial charge in [0.1, 0.15) is 6.26 Å². The van der Waals surface area contributed by atoms with Crippen molar-refractivity contribution in [2.75, 3.05) is 0 Å². The van der Waals surface area contributed by atoms with Gasteiger partial charge in [-0.15, -0.1) is 0 Å². The maximum atomic E-state index is 10.9. The van der Waals surface area contributed by atoms with Crippen LogP contribution in [-0.4, -0.2) is 20.7 Å². The van der Waals surface area contributed by atoms with Gasteiger partial charge in [0.15, 0.2) is 5.76 Å². The smallest absolute Gasteiger partial charge is 0.338 e. The van der Waals surface area contributed by atoms with Crippen molar-refractivity contribution in [2.45, 2.75) is 19.5 Å². The molecule has 0 saturated carbocycles. The molecule has 5 heteroatoms. The van der Waals surface area contributed by atoms with E-state index in [9.17, 15) is 4.79 Å². The number of ether oxygens (including phenoxy) is 1. The standard InChI is InChI=1S/C8H14O4Si/c1-6(2)8(9)11-4-7(12-10)5-13-3/h4,10H,1,5,13H2,2-3H3. The minimum atomic E-state index is -0.521. The number of allylic oxidation sites excluding steroid dienone is 1. The predicted molar refractivity (Wildman–Crippen MR) is 51.9 cm³/mol. The molecule has 0 rings (SSSR count). The van der Waals surface area contributed by atoms with Crippen LogP contribution in [0, 0.1) is 0 Å². The summed E-state index contributed by atoms with van der Waals surface area (Å²) in [5.41, 5.74) is 0.308. The Morgan fingerprint density at radius 2 is 2.31 bits per heavy atom. The molecule has 0 heterocycles. The summed E-state index contributed by atoms with van der Waals surface area (Å²) in [7, 11) is -0.276. The minimum Gasteiger partial charge on any atom is -0.427 e. The lowest BCUT2D eigenvalue weighted by Gasteiger charge is -2.01. The SMILES string of the molecule is C=C(C)C(=O)OC=C(C[SiH2]C)OO. The molecule has 0 aromatic heterocycles. The van der Waals surface area contributed by atoms with Gasteiger partial charge >= 0.3 is 5.97 Å². The Hall–Kier alpha value is -1.07. The van der Waals surface area contributed by atoms with E-state index >= 15 is 0 Å². The fraction of sp³-hybridized carbons (Fsp3) is 0.375. The van der Waals surface area contributed by atoms with Crippen molar-refractivity contribution >= 4 is 15.5 Å². The molecule has 0 fully saturated rings. The number of rotatable bonds is 5. The summed E-state index contributed by atoms with van der Waals surface area (Å²) in [5.74, 6) is -0.240. The first-order chi connectivity index (χ1) is 6.11. The Bertz CT molecular complexity index is 222. The van der Waals surface area contributed by atoms with Crippen molar-refractivity contribution in [1.29, 1.82) is 0 Å². The van der Waals surface area contributed by atoms with E-state index in [1.807, 2.05) is 6.55 Å². The van der Waals surface area contributed by atoms with Crippen LogP contribution in [0.25, 0.3) is 0 Å². The molecule has 4 nitrogen and oxygen atoms in total. The predicted octanol–water partition coefficient (Wildman–Crippen LogP) is 1.07. The van der Waals surface area contributed by atoms with Crippen LogP contribution >= 0.6 is 0 Å². The summed E-state index contributed by atoms with van der Waals surface area (Å²) in [6, 6.07) is 0.653. The first-order valence-electron chi connectivity index (χ1n) is 3.98. The van der Waals surface area contributed by atoms with E-state index in [0.29, 0.717) is 11.6 Å². The minimum absolute atomic E-state index is 0.276. The number of carbonyl (C=O) groups excluding carboxylic acids is 1. The first-order valence-corrected chi connectivity index (χ1v) is 6.40. The molecule has 0 amide bonds. The van der Waals surface area contributed by atoms with Gasteiger partial charge in [0, 0.05) is 21.1 Å². The van der Waals surface area contributed by atoms with Crippen molar-refractivity contribution in [1.82, 2.24) is 0 Å². The molecule has 0 bridgehead atoms. The van der Waals surface area contributed by atoms with Gasteiger partial charge in [-0.3, -0.25) is 0 Å². The van der Waals surface area contributed by atoms with Gasteiger partial charge in [-0.2, -0.15) is 0 Å². The highest BCUT2D eigenvalue weighted by atomic mass is 28.2. The highest BCUT2D eigenvalue weighted by molar-refractivity contribution is 6.34. The van der Waals surface area contributed by atoms with E-state index in [4.69, 9.17) is 5.26 Å². The quantitative estimate of drug-likeness (QED) is 0.181. The zero-order valence-electron chi connectivity index (χ0n) is 7.87. The van der Waals surface area contributed by atoms with E-state index in [-0.39, 0.29) is 15.3 Å². The second-order valence-electron chi connectivity index (χ2n) is 2.61. The highest BCUT2D eigenvalue weighted by Gasteiger charge is 2.03. The van der Waals surface area contributed by atoms with Crippen LogP contribution in [0.3, 0.4) is 0 Å². The van der Waals surface area contributed by atoms with Gasteiger partial charge < -0.3 is 9.62 Å². The average molecular weight is 202 g/mol. The topological polar surface area (TPSA) is 55.8 Å². The fourth-order valence-corrected chi connectivity index (χ4v) is 1.29. The van der Waals surface area contributed by atoms with Crippen molar-refractivity contribution in [3.63, 3.8) is 0 Å².